The fraction of sp³-hybridized carbons (Fsp3) is 0.214. The van der Waals surface area contributed by atoms with Crippen LogP contribution in [0, 0.1) is 11.3 Å². The minimum atomic E-state index is -0.524. The van der Waals surface area contributed by atoms with E-state index in [1.165, 1.54) is 0 Å². The quantitative estimate of drug-likeness (QED) is 0.483. The van der Waals surface area contributed by atoms with Gasteiger partial charge in [0, 0.05) is 11.4 Å². The topological polar surface area (TPSA) is 117 Å². The van der Waals surface area contributed by atoms with Crippen LogP contribution >= 0.6 is 12.2 Å². The van der Waals surface area contributed by atoms with Gasteiger partial charge < -0.3 is 22.1 Å². The summed E-state index contributed by atoms with van der Waals surface area (Å²) in [5.74, 6) is -0.467. The summed E-state index contributed by atoms with van der Waals surface area (Å²) in [7, 11) is 0. The van der Waals surface area contributed by atoms with Gasteiger partial charge in [0.25, 0.3) is 0 Å². The first-order valence-corrected chi connectivity index (χ1v) is 6.59. The van der Waals surface area contributed by atoms with Crippen molar-refractivity contribution in [2.24, 2.45) is 11.5 Å². The average molecular weight is 303 g/mol. The zero-order valence-corrected chi connectivity index (χ0v) is 12.6. The van der Waals surface area contributed by atoms with Crippen molar-refractivity contribution in [2.75, 3.05) is 10.6 Å². The summed E-state index contributed by atoms with van der Waals surface area (Å²) < 4.78 is 0. The Balaban J connectivity index is 3.01. The number of primary amides is 1. The lowest BCUT2D eigenvalue weighted by molar-refractivity contribution is -0.118. The van der Waals surface area contributed by atoms with E-state index in [2.05, 4.69) is 16.7 Å². The van der Waals surface area contributed by atoms with Gasteiger partial charge in [-0.1, -0.05) is 12.2 Å². The second-order valence-electron chi connectivity index (χ2n) is 4.52. The lowest BCUT2D eigenvalue weighted by atomic mass is 10.1. The van der Waals surface area contributed by atoms with Gasteiger partial charge in [-0.05, 0) is 38.1 Å². The van der Waals surface area contributed by atoms with Gasteiger partial charge in [-0.2, -0.15) is 5.26 Å². The van der Waals surface area contributed by atoms with E-state index in [0.717, 1.165) is 0 Å². The Labute approximate surface area is 128 Å². The third-order valence-corrected chi connectivity index (χ3v) is 2.79. The zero-order valence-electron chi connectivity index (χ0n) is 11.8. The number of carbonyl (C=O) groups is 1. The number of anilines is 2. The van der Waals surface area contributed by atoms with Gasteiger partial charge in [-0.3, -0.25) is 4.79 Å². The van der Waals surface area contributed by atoms with Crippen molar-refractivity contribution in [3.63, 3.8) is 0 Å². The number of carbonyl (C=O) groups excluding carboxylic acids is 1. The summed E-state index contributed by atoms with van der Waals surface area (Å²) in [6.45, 7) is 3.37. The molecule has 1 aromatic rings. The van der Waals surface area contributed by atoms with Crippen molar-refractivity contribution in [3.8, 4) is 6.07 Å². The molecular formula is C14H17N5OS. The lowest BCUT2D eigenvalue weighted by Gasteiger charge is -2.14. The highest BCUT2D eigenvalue weighted by atomic mass is 32.1. The molecule has 0 unspecified atom stereocenters. The van der Waals surface area contributed by atoms with E-state index in [-0.39, 0.29) is 0 Å². The number of thiocarbonyl (C=S) groups is 1. The van der Waals surface area contributed by atoms with Crippen LogP contribution in [0.3, 0.4) is 0 Å². The van der Waals surface area contributed by atoms with E-state index < -0.39 is 11.9 Å². The van der Waals surface area contributed by atoms with Crippen LogP contribution < -0.4 is 22.1 Å². The summed E-state index contributed by atoms with van der Waals surface area (Å²) in [5.41, 5.74) is 12.9. The van der Waals surface area contributed by atoms with E-state index in [4.69, 9.17) is 28.9 Å². The number of nitrogens with zero attached hydrogens (tertiary/aromatic N) is 1. The van der Waals surface area contributed by atoms with E-state index in [1.54, 1.807) is 38.1 Å². The minimum absolute atomic E-state index is 0.395. The highest BCUT2D eigenvalue weighted by molar-refractivity contribution is 7.81. The van der Waals surface area contributed by atoms with E-state index in [0.29, 0.717) is 27.6 Å². The van der Waals surface area contributed by atoms with Crippen LogP contribution in [0.1, 0.15) is 19.4 Å². The van der Waals surface area contributed by atoms with Crippen molar-refractivity contribution in [1.82, 2.24) is 0 Å². The zero-order chi connectivity index (χ0) is 16.0. The van der Waals surface area contributed by atoms with Gasteiger partial charge in [0.15, 0.2) is 0 Å². The number of nitrogens with two attached hydrogens (primary N) is 2. The molecule has 1 rings (SSSR count). The molecule has 21 heavy (non-hydrogen) atoms. The molecule has 0 aliphatic rings. The molecule has 0 spiro atoms. The molecule has 0 heterocycles. The number of nitrogens with one attached hydrogen (secondary N) is 2. The Hall–Kier alpha value is -2.59. The van der Waals surface area contributed by atoms with Crippen molar-refractivity contribution in [2.45, 2.75) is 19.9 Å². The fourth-order valence-electron chi connectivity index (χ4n) is 1.53. The number of hydrogen-bond acceptors (Lipinski definition) is 5. The molecule has 0 aliphatic heterocycles. The molecule has 0 aliphatic carbocycles. The smallest absolute Gasteiger partial charge is 0.239 e. The molecule has 0 saturated heterocycles. The highest BCUT2D eigenvalue weighted by Crippen LogP contribution is 2.21. The van der Waals surface area contributed by atoms with Crippen LogP contribution in [0.4, 0.5) is 11.4 Å². The van der Waals surface area contributed by atoms with Crippen LogP contribution in [0.15, 0.2) is 30.0 Å². The first-order chi connectivity index (χ1) is 9.83. The van der Waals surface area contributed by atoms with Crippen molar-refractivity contribution in [3.05, 3.63) is 35.5 Å². The number of rotatable bonds is 5. The Morgan fingerprint density at radius 2 is 2.14 bits per heavy atom. The summed E-state index contributed by atoms with van der Waals surface area (Å²) in [4.78, 5) is 11.5. The maximum absolute atomic E-state index is 11.1. The molecule has 110 valence electrons. The second-order valence-corrected chi connectivity index (χ2v) is 4.96. The molecule has 6 N–H and O–H groups in total. The number of amides is 1. The molecule has 0 bridgehead atoms. The Kier molecular flexibility index (Phi) is 5.69. The van der Waals surface area contributed by atoms with Crippen LogP contribution in [-0.2, 0) is 4.79 Å². The Bertz CT molecular complexity index is 629. The number of hydrogen-bond donors (Lipinski definition) is 4. The van der Waals surface area contributed by atoms with Gasteiger partial charge in [0.1, 0.15) is 17.1 Å². The minimum Gasteiger partial charge on any atom is -0.402 e. The van der Waals surface area contributed by atoms with Crippen LogP contribution in [0.25, 0.3) is 0 Å². The number of benzene rings is 1. The van der Waals surface area contributed by atoms with Crippen molar-refractivity contribution in [1.29, 1.82) is 5.26 Å². The monoisotopic (exact) mass is 303 g/mol. The SMILES string of the molecule is CC(N)=CC(=S)Nc1cc(N[C@H](C)C(N)=O)ccc1C#N. The fourth-order valence-corrected chi connectivity index (χ4v) is 1.83. The largest absolute Gasteiger partial charge is 0.402 e. The van der Waals surface area contributed by atoms with Gasteiger partial charge in [0.2, 0.25) is 5.91 Å². The maximum atomic E-state index is 11.1. The predicted octanol–water partition coefficient (Wildman–Crippen LogP) is 1.45. The van der Waals surface area contributed by atoms with Gasteiger partial charge in [0.05, 0.1) is 11.3 Å². The van der Waals surface area contributed by atoms with E-state index in [1.807, 2.05) is 0 Å². The normalized spacial score (nSPS) is 12.1. The molecular weight excluding hydrogens is 286 g/mol. The standard InChI is InChI=1S/C14H17N5OS/c1-8(16)5-13(21)19-12-6-11(4-3-10(12)7-15)18-9(2)14(17)20/h3-6,9,18H,16H2,1-2H3,(H2,17,20)(H,19,21)/t9-/m1/s1. The molecule has 0 aromatic heterocycles. The van der Waals surface area contributed by atoms with Crippen molar-refractivity contribution < 1.29 is 4.79 Å². The molecule has 0 fully saturated rings. The third kappa shape index (κ3) is 5.12. The average Bonchev–Trinajstić information content (AvgIpc) is 2.37. The molecule has 6 nitrogen and oxygen atoms in total. The lowest BCUT2D eigenvalue weighted by Crippen LogP contribution is -2.32. The van der Waals surface area contributed by atoms with Crippen LogP contribution in [0.2, 0.25) is 0 Å². The number of allylic oxidation sites excluding steroid dienone is 1. The van der Waals surface area contributed by atoms with Crippen LogP contribution in [-0.4, -0.2) is 16.9 Å². The van der Waals surface area contributed by atoms with E-state index >= 15 is 0 Å². The molecule has 1 atom stereocenters. The summed E-state index contributed by atoms with van der Waals surface area (Å²) in [5, 5.41) is 15.0. The third-order valence-electron chi connectivity index (χ3n) is 2.57. The first kappa shape index (κ1) is 16.5. The first-order valence-electron chi connectivity index (χ1n) is 6.18. The van der Waals surface area contributed by atoms with Crippen LogP contribution in [0.5, 0.6) is 0 Å². The summed E-state index contributed by atoms with van der Waals surface area (Å²) in [6, 6.07) is 6.54. The number of nitriles is 1. The van der Waals surface area contributed by atoms with E-state index in [9.17, 15) is 4.79 Å². The molecule has 1 amide bonds. The maximum Gasteiger partial charge on any atom is 0.239 e. The van der Waals surface area contributed by atoms with Crippen molar-refractivity contribution >= 4 is 34.5 Å². The van der Waals surface area contributed by atoms with Gasteiger partial charge in [-0.25, -0.2) is 0 Å². The summed E-state index contributed by atoms with van der Waals surface area (Å²) >= 11 is 5.12. The second kappa shape index (κ2) is 7.26. The highest BCUT2D eigenvalue weighted by Gasteiger charge is 2.10. The van der Waals surface area contributed by atoms with Gasteiger partial charge in [-0.15, -0.1) is 0 Å². The summed E-state index contributed by atoms with van der Waals surface area (Å²) in [6.07, 6.45) is 1.59. The molecule has 7 heteroatoms. The Morgan fingerprint density at radius 3 is 2.67 bits per heavy atom. The molecule has 0 saturated carbocycles. The van der Waals surface area contributed by atoms with Gasteiger partial charge >= 0.3 is 0 Å². The molecule has 0 radical (unpaired) electrons. The molecule has 1 aromatic carbocycles. The Morgan fingerprint density at radius 1 is 1.48 bits per heavy atom. The predicted molar refractivity (Wildman–Crippen MR) is 87.6 cm³/mol.